The number of amides is 1. The molecule has 0 radical (unpaired) electrons. The van der Waals surface area contributed by atoms with Crippen LogP contribution in [0.1, 0.15) is 21.5 Å². The molecule has 36 heavy (non-hydrogen) atoms. The van der Waals surface area contributed by atoms with Gasteiger partial charge < -0.3 is 10.1 Å². The highest BCUT2D eigenvalue weighted by molar-refractivity contribution is 7.89. The number of ether oxygens (including phenoxy) is 1. The number of halogens is 2. The second-order valence-corrected chi connectivity index (χ2v) is 11.1. The van der Waals surface area contributed by atoms with Crippen molar-refractivity contribution in [2.75, 3.05) is 36.4 Å². The van der Waals surface area contributed by atoms with Gasteiger partial charge in [0.15, 0.2) is 6.73 Å². The molecule has 0 saturated heterocycles. The number of carbonyl (C=O) groups excluding carboxylic acids is 1. The van der Waals surface area contributed by atoms with Crippen molar-refractivity contribution in [1.82, 2.24) is 19.6 Å². The van der Waals surface area contributed by atoms with E-state index in [0.717, 1.165) is 16.8 Å². The number of carbonyl (C=O) groups is 1. The highest BCUT2D eigenvalue weighted by Gasteiger charge is 2.31. The van der Waals surface area contributed by atoms with Crippen molar-refractivity contribution < 1.29 is 17.9 Å². The number of hydrogen-bond donors (Lipinski definition) is 2. The molecule has 5 rings (SSSR count). The largest absolute Gasteiger partial charge is 0.455 e. The number of hydrogen-bond acceptors (Lipinski definition) is 8. The van der Waals surface area contributed by atoms with Gasteiger partial charge in [0.2, 0.25) is 21.9 Å². The van der Waals surface area contributed by atoms with Crippen LogP contribution >= 0.6 is 23.2 Å². The zero-order chi connectivity index (χ0) is 25.4. The Morgan fingerprint density at radius 2 is 1.92 bits per heavy atom. The first-order chi connectivity index (χ1) is 17.2. The second kappa shape index (κ2) is 9.83. The van der Waals surface area contributed by atoms with Crippen molar-refractivity contribution in [1.29, 1.82) is 0 Å². The van der Waals surface area contributed by atoms with Gasteiger partial charge in [0.05, 0.1) is 15.7 Å². The molecule has 3 aromatic rings. The molecule has 0 spiro atoms. The summed E-state index contributed by atoms with van der Waals surface area (Å²) in [6, 6.07) is 10.8. The standard InChI is InChI=1S/C23H22Cl2N6O4S/c1-26-36(33,34)13-30-8-7-14-9-16(6-5-15(14)11-30)28-23-27-10-17-21(29-23)35-12-31(22(17)32)20-18(24)3-2-4-19(20)25/h2-6,9-10,26H,7-8,11-13H2,1H3,(H,27,28,29). The molecule has 2 aromatic carbocycles. The molecule has 0 aliphatic carbocycles. The van der Waals surface area contributed by atoms with E-state index in [1.807, 2.05) is 23.1 Å². The number of para-hydroxylation sites is 1. The predicted octanol–water partition coefficient (Wildman–Crippen LogP) is 3.39. The lowest BCUT2D eigenvalue weighted by Gasteiger charge is -2.29. The zero-order valence-corrected chi connectivity index (χ0v) is 21.5. The lowest BCUT2D eigenvalue weighted by atomic mass is 9.99. The first kappa shape index (κ1) is 24.7. The predicted molar refractivity (Wildman–Crippen MR) is 137 cm³/mol. The number of benzene rings is 2. The van der Waals surface area contributed by atoms with E-state index in [4.69, 9.17) is 27.9 Å². The maximum absolute atomic E-state index is 13.1. The molecule has 188 valence electrons. The van der Waals surface area contributed by atoms with Crippen molar-refractivity contribution in [2.45, 2.75) is 13.0 Å². The highest BCUT2D eigenvalue weighted by atomic mass is 35.5. The van der Waals surface area contributed by atoms with Crippen molar-refractivity contribution in [3.8, 4) is 5.88 Å². The summed E-state index contributed by atoms with van der Waals surface area (Å²) in [5.41, 5.74) is 3.53. The molecule has 0 bridgehead atoms. The summed E-state index contributed by atoms with van der Waals surface area (Å²) in [4.78, 5) is 25.0. The minimum atomic E-state index is -3.31. The number of rotatable bonds is 6. The fraction of sp³-hybridized carbons (Fsp3) is 0.261. The van der Waals surface area contributed by atoms with E-state index in [0.29, 0.717) is 35.2 Å². The molecule has 2 aliphatic rings. The Morgan fingerprint density at radius 3 is 2.67 bits per heavy atom. The Hall–Kier alpha value is -2.96. The molecular weight excluding hydrogens is 527 g/mol. The van der Waals surface area contributed by atoms with Gasteiger partial charge in [0.25, 0.3) is 5.91 Å². The summed E-state index contributed by atoms with van der Waals surface area (Å²) in [6.07, 6.45) is 2.12. The smallest absolute Gasteiger partial charge is 0.268 e. The molecular formula is C23H22Cl2N6O4S. The molecule has 13 heteroatoms. The Morgan fingerprint density at radius 1 is 1.14 bits per heavy atom. The van der Waals surface area contributed by atoms with Crippen LogP contribution in [0.5, 0.6) is 5.88 Å². The average molecular weight is 549 g/mol. The minimum Gasteiger partial charge on any atom is -0.455 e. The molecule has 0 saturated carbocycles. The third-order valence-corrected chi connectivity index (χ3v) is 7.92. The number of nitrogens with one attached hydrogen (secondary N) is 2. The van der Waals surface area contributed by atoms with Gasteiger partial charge in [-0.1, -0.05) is 35.3 Å². The van der Waals surface area contributed by atoms with E-state index < -0.39 is 10.0 Å². The minimum absolute atomic E-state index is 0.0370. The Kier molecular flexibility index (Phi) is 6.75. The molecule has 1 aromatic heterocycles. The van der Waals surface area contributed by atoms with E-state index >= 15 is 0 Å². The van der Waals surface area contributed by atoms with E-state index in [9.17, 15) is 13.2 Å². The normalized spacial score (nSPS) is 15.8. The number of aromatic nitrogens is 2. The third-order valence-electron chi connectivity index (χ3n) is 5.98. The molecule has 3 heterocycles. The van der Waals surface area contributed by atoms with Gasteiger partial charge in [0.1, 0.15) is 11.4 Å². The van der Waals surface area contributed by atoms with Crippen LogP contribution in [0, 0.1) is 0 Å². The van der Waals surface area contributed by atoms with E-state index in [-0.39, 0.29) is 35.9 Å². The van der Waals surface area contributed by atoms with Crippen LogP contribution in [-0.4, -0.2) is 55.4 Å². The average Bonchev–Trinajstić information content (AvgIpc) is 2.85. The fourth-order valence-electron chi connectivity index (χ4n) is 4.16. The van der Waals surface area contributed by atoms with Gasteiger partial charge in [0, 0.05) is 25.0 Å². The fourth-order valence-corrected chi connectivity index (χ4v) is 5.59. The zero-order valence-electron chi connectivity index (χ0n) is 19.2. The van der Waals surface area contributed by atoms with Crippen molar-refractivity contribution >= 4 is 56.5 Å². The second-order valence-electron chi connectivity index (χ2n) is 8.35. The van der Waals surface area contributed by atoms with E-state index in [1.165, 1.54) is 18.1 Å². The van der Waals surface area contributed by atoms with Crippen LogP contribution in [0.2, 0.25) is 10.0 Å². The van der Waals surface area contributed by atoms with Crippen molar-refractivity contribution in [3.63, 3.8) is 0 Å². The van der Waals surface area contributed by atoms with Gasteiger partial charge in [-0.05, 0) is 48.9 Å². The van der Waals surface area contributed by atoms with Crippen LogP contribution in [0.4, 0.5) is 17.3 Å². The van der Waals surface area contributed by atoms with Crippen LogP contribution in [0.15, 0.2) is 42.6 Å². The topological polar surface area (TPSA) is 117 Å². The lowest BCUT2D eigenvalue weighted by molar-refractivity contribution is 0.0932. The number of nitrogens with zero attached hydrogens (tertiary/aromatic N) is 4. The monoisotopic (exact) mass is 548 g/mol. The van der Waals surface area contributed by atoms with Gasteiger partial charge in [-0.3, -0.25) is 14.6 Å². The van der Waals surface area contributed by atoms with Crippen molar-refractivity contribution in [2.24, 2.45) is 0 Å². The Balaban J connectivity index is 1.31. The first-order valence-corrected chi connectivity index (χ1v) is 13.4. The molecule has 2 aliphatic heterocycles. The highest BCUT2D eigenvalue weighted by Crippen LogP contribution is 2.37. The molecule has 0 fully saturated rings. The third kappa shape index (κ3) is 4.97. The number of sulfonamides is 1. The van der Waals surface area contributed by atoms with Crippen LogP contribution in [0.25, 0.3) is 0 Å². The molecule has 2 N–H and O–H groups in total. The summed E-state index contributed by atoms with van der Waals surface area (Å²) in [6.45, 7) is 1.09. The molecule has 1 amide bonds. The Labute approximate surface area is 218 Å². The maximum atomic E-state index is 13.1. The van der Waals surface area contributed by atoms with Crippen LogP contribution < -0.4 is 19.7 Å². The summed E-state index contributed by atoms with van der Waals surface area (Å²) >= 11 is 12.5. The molecule has 0 atom stereocenters. The summed E-state index contributed by atoms with van der Waals surface area (Å²) < 4.78 is 31.8. The van der Waals surface area contributed by atoms with E-state index in [1.54, 1.807) is 18.2 Å². The summed E-state index contributed by atoms with van der Waals surface area (Å²) in [5.74, 6) is 0.0426. The maximum Gasteiger partial charge on any atom is 0.268 e. The van der Waals surface area contributed by atoms with Gasteiger partial charge in [-0.25, -0.2) is 18.1 Å². The van der Waals surface area contributed by atoms with Crippen LogP contribution in [0.3, 0.4) is 0 Å². The van der Waals surface area contributed by atoms with Gasteiger partial charge in [-0.2, -0.15) is 4.98 Å². The number of fused-ring (bicyclic) bond motifs is 2. The van der Waals surface area contributed by atoms with Gasteiger partial charge in [-0.15, -0.1) is 0 Å². The Bertz CT molecular complexity index is 1430. The SMILES string of the molecule is CNS(=O)(=O)CN1CCc2cc(Nc3ncc4c(n3)OCN(c3c(Cl)cccc3Cl)C4=O)ccc2C1. The molecule has 0 unspecified atom stereocenters. The quantitative estimate of drug-likeness (QED) is 0.481. The van der Waals surface area contributed by atoms with Crippen LogP contribution in [-0.2, 0) is 23.0 Å². The summed E-state index contributed by atoms with van der Waals surface area (Å²) in [5, 5.41) is 3.82. The number of anilines is 3. The first-order valence-electron chi connectivity index (χ1n) is 11.0. The van der Waals surface area contributed by atoms with Crippen molar-refractivity contribution in [3.05, 3.63) is 69.3 Å². The summed E-state index contributed by atoms with van der Waals surface area (Å²) in [7, 11) is -1.89. The molecule has 10 nitrogen and oxygen atoms in total. The lowest BCUT2D eigenvalue weighted by Crippen LogP contribution is -2.39. The van der Waals surface area contributed by atoms with E-state index in [2.05, 4.69) is 20.0 Å². The van der Waals surface area contributed by atoms with Gasteiger partial charge >= 0.3 is 0 Å².